The number of nitro groups is 1. The predicted molar refractivity (Wildman–Crippen MR) is 76.0 cm³/mol. The summed E-state index contributed by atoms with van der Waals surface area (Å²) in [6.07, 6.45) is 0. The Kier molecular flexibility index (Phi) is 3.57. The van der Waals surface area contributed by atoms with E-state index in [9.17, 15) is 10.1 Å². The lowest BCUT2D eigenvalue weighted by Crippen LogP contribution is -2.13. The minimum atomic E-state index is -0.395. The van der Waals surface area contributed by atoms with Crippen LogP contribution in [-0.4, -0.2) is 14.7 Å². The molecule has 0 aliphatic carbocycles. The highest BCUT2D eigenvalue weighted by atomic mass is 79.9. The molecule has 2 N–H and O–H groups in total. The van der Waals surface area contributed by atoms with E-state index in [1.165, 1.54) is 6.07 Å². The SMILES string of the molecule is Cc1nn(C(C)c2ccccc2[N+](=O)[O-])c(N)c1Br. The van der Waals surface area contributed by atoms with E-state index < -0.39 is 4.92 Å². The first-order chi connectivity index (χ1) is 8.93. The lowest BCUT2D eigenvalue weighted by Gasteiger charge is -2.14. The number of halogens is 1. The summed E-state index contributed by atoms with van der Waals surface area (Å²) in [7, 11) is 0. The molecule has 0 aliphatic heterocycles. The fraction of sp³-hybridized carbons (Fsp3) is 0.250. The van der Waals surface area contributed by atoms with Crippen LogP contribution in [0.25, 0.3) is 0 Å². The van der Waals surface area contributed by atoms with Gasteiger partial charge in [0.1, 0.15) is 5.82 Å². The summed E-state index contributed by atoms with van der Waals surface area (Å²) in [5, 5.41) is 15.4. The van der Waals surface area contributed by atoms with E-state index in [0.29, 0.717) is 11.4 Å². The van der Waals surface area contributed by atoms with Gasteiger partial charge in [0.25, 0.3) is 5.69 Å². The summed E-state index contributed by atoms with van der Waals surface area (Å²) < 4.78 is 2.31. The number of nitro benzene ring substituents is 1. The van der Waals surface area contributed by atoms with Crippen molar-refractivity contribution in [1.82, 2.24) is 9.78 Å². The molecule has 1 atom stereocenters. The van der Waals surface area contributed by atoms with Crippen molar-refractivity contribution in [3.8, 4) is 0 Å². The fourth-order valence-electron chi connectivity index (χ4n) is 1.98. The maximum atomic E-state index is 11.0. The second-order valence-corrected chi connectivity index (χ2v) is 5.01. The number of rotatable bonds is 3. The molecule has 0 spiro atoms. The van der Waals surface area contributed by atoms with E-state index in [0.717, 1.165) is 10.2 Å². The van der Waals surface area contributed by atoms with Crippen molar-refractivity contribution in [2.75, 3.05) is 5.73 Å². The van der Waals surface area contributed by atoms with Crippen molar-refractivity contribution >= 4 is 27.4 Å². The van der Waals surface area contributed by atoms with Gasteiger partial charge in [0.05, 0.1) is 26.7 Å². The second-order valence-electron chi connectivity index (χ2n) is 4.22. The molecule has 1 aromatic carbocycles. The molecule has 0 radical (unpaired) electrons. The molecule has 0 amide bonds. The number of hydrogen-bond acceptors (Lipinski definition) is 4. The molecule has 19 heavy (non-hydrogen) atoms. The Morgan fingerprint density at radius 1 is 1.47 bits per heavy atom. The molecule has 0 saturated heterocycles. The van der Waals surface area contributed by atoms with Crippen LogP contribution in [0.2, 0.25) is 0 Å². The molecular formula is C12H13BrN4O2. The van der Waals surface area contributed by atoms with Crippen LogP contribution < -0.4 is 5.73 Å². The minimum absolute atomic E-state index is 0.0682. The molecule has 0 bridgehead atoms. The second kappa shape index (κ2) is 5.00. The van der Waals surface area contributed by atoms with Crippen molar-refractivity contribution in [2.24, 2.45) is 0 Å². The average molecular weight is 325 g/mol. The van der Waals surface area contributed by atoms with Crippen LogP contribution in [0, 0.1) is 17.0 Å². The third kappa shape index (κ3) is 2.33. The first-order valence-corrected chi connectivity index (χ1v) is 6.46. The quantitative estimate of drug-likeness (QED) is 0.694. The standard InChI is InChI=1S/C12H13BrN4O2/c1-7-11(13)12(14)16(15-7)8(2)9-5-3-4-6-10(9)17(18)19/h3-6,8H,14H2,1-2H3. The van der Waals surface area contributed by atoms with Gasteiger partial charge in [-0.25, -0.2) is 4.68 Å². The van der Waals surface area contributed by atoms with Gasteiger partial charge in [-0.3, -0.25) is 10.1 Å². The molecule has 1 aromatic heterocycles. The molecule has 2 rings (SSSR count). The van der Waals surface area contributed by atoms with E-state index in [1.807, 2.05) is 13.8 Å². The Bertz CT molecular complexity index is 639. The molecule has 7 heteroatoms. The van der Waals surface area contributed by atoms with Crippen LogP contribution in [0.5, 0.6) is 0 Å². The summed E-state index contributed by atoms with van der Waals surface area (Å²) in [6, 6.07) is 6.29. The lowest BCUT2D eigenvalue weighted by molar-refractivity contribution is -0.385. The van der Waals surface area contributed by atoms with Crippen LogP contribution in [0.1, 0.15) is 24.2 Å². The van der Waals surface area contributed by atoms with Crippen LogP contribution in [-0.2, 0) is 0 Å². The highest BCUT2D eigenvalue weighted by molar-refractivity contribution is 9.10. The Morgan fingerprint density at radius 2 is 2.11 bits per heavy atom. The molecule has 2 aromatic rings. The number of nitrogen functional groups attached to an aromatic ring is 1. The topological polar surface area (TPSA) is 87.0 Å². The van der Waals surface area contributed by atoms with Crippen molar-refractivity contribution < 1.29 is 4.92 Å². The Morgan fingerprint density at radius 3 is 2.63 bits per heavy atom. The molecule has 1 unspecified atom stereocenters. The van der Waals surface area contributed by atoms with Crippen LogP contribution in [0.3, 0.4) is 0 Å². The number of hydrogen-bond donors (Lipinski definition) is 1. The molecular weight excluding hydrogens is 312 g/mol. The zero-order valence-electron chi connectivity index (χ0n) is 10.5. The first kappa shape index (κ1) is 13.5. The number of aryl methyl sites for hydroxylation is 1. The first-order valence-electron chi connectivity index (χ1n) is 5.67. The molecule has 0 fully saturated rings. The maximum Gasteiger partial charge on any atom is 0.274 e. The van der Waals surface area contributed by atoms with E-state index in [-0.39, 0.29) is 11.7 Å². The molecule has 0 aliphatic rings. The summed E-state index contributed by atoms with van der Waals surface area (Å²) >= 11 is 3.35. The van der Waals surface area contributed by atoms with E-state index in [2.05, 4.69) is 21.0 Å². The highest BCUT2D eigenvalue weighted by Crippen LogP contribution is 2.32. The number of aromatic nitrogens is 2. The highest BCUT2D eigenvalue weighted by Gasteiger charge is 2.22. The third-order valence-corrected chi connectivity index (χ3v) is 3.98. The van der Waals surface area contributed by atoms with Crippen LogP contribution >= 0.6 is 15.9 Å². The number of para-hydroxylation sites is 1. The summed E-state index contributed by atoms with van der Waals surface area (Å²) in [4.78, 5) is 10.7. The van der Waals surface area contributed by atoms with E-state index in [4.69, 9.17) is 5.73 Å². The largest absolute Gasteiger partial charge is 0.383 e. The molecule has 0 saturated carbocycles. The smallest absolute Gasteiger partial charge is 0.274 e. The van der Waals surface area contributed by atoms with Gasteiger partial charge < -0.3 is 5.73 Å². The molecule has 6 nitrogen and oxygen atoms in total. The van der Waals surface area contributed by atoms with Gasteiger partial charge in [-0.2, -0.15) is 5.10 Å². The van der Waals surface area contributed by atoms with Gasteiger partial charge in [-0.15, -0.1) is 0 Å². The maximum absolute atomic E-state index is 11.0. The average Bonchev–Trinajstić information content (AvgIpc) is 2.65. The fourth-order valence-corrected chi connectivity index (χ4v) is 2.24. The summed E-state index contributed by atoms with van der Waals surface area (Å²) in [5.41, 5.74) is 7.35. The normalized spacial score (nSPS) is 12.4. The van der Waals surface area contributed by atoms with Crippen LogP contribution in [0.4, 0.5) is 11.5 Å². The van der Waals surface area contributed by atoms with Gasteiger partial charge in [0, 0.05) is 6.07 Å². The van der Waals surface area contributed by atoms with Gasteiger partial charge in [0.2, 0.25) is 0 Å². The van der Waals surface area contributed by atoms with E-state index >= 15 is 0 Å². The lowest BCUT2D eigenvalue weighted by atomic mass is 10.1. The van der Waals surface area contributed by atoms with Gasteiger partial charge >= 0.3 is 0 Å². The number of benzene rings is 1. The van der Waals surface area contributed by atoms with Crippen LogP contribution in [0.15, 0.2) is 28.7 Å². The van der Waals surface area contributed by atoms with Gasteiger partial charge in [-0.05, 0) is 29.8 Å². The van der Waals surface area contributed by atoms with E-state index in [1.54, 1.807) is 22.9 Å². The minimum Gasteiger partial charge on any atom is -0.383 e. The zero-order valence-corrected chi connectivity index (χ0v) is 12.1. The van der Waals surface area contributed by atoms with Crippen molar-refractivity contribution in [1.29, 1.82) is 0 Å². The van der Waals surface area contributed by atoms with Crippen molar-refractivity contribution in [3.05, 3.63) is 50.1 Å². The summed E-state index contributed by atoms with van der Waals surface area (Å²) in [6.45, 7) is 3.65. The summed E-state index contributed by atoms with van der Waals surface area (Å²) in [5.74, 6) is 0.461. The van der Waals surface area contributed by atoms with Crippen molar-refractivity contribution in [2.45, 2.75) is 19.9 Å². The number of nitrogens with two attached hydrogens (primary N) is 1. The third-order valence-electron chi connectivity index (χ3n) is 3.00. The predicted octanol–water partition coefficient (Wildman–Crippen LogP) is 3.05. The Balaban J connectivity index is 2.53. The van der Waals surface area contributed by atoms with Gasteiger partial charge in [-0.1, -0.05) is 18.2 Å². The molecule has 1 heterocycles. The Labute approximate surface area is 118 Å². The zero-order chi connectivity index (χ0) is 14.2. The number of nitrogens with zero attached hydrogens (tertiary/aromatic N) is 3. The molecule has 100 valence electrons. The van der Waals surface area contributed by atoms with Crippen molar-refractivity contribution in [3.63, 3.8) is 0 Å². The monoisotopic (exact) mass is 324 g/mol. The number of anilines is 1. The van der Waals surface area contributed by atoms with Gasteiger partial charge in [0.15, 0.2) is 0 Å². The Hall–Kier alpha value is -1.89.